The van der Waals surface area contributed by atoms with E-state index in [4.69, 9.17) is 4.74 Å². The molecule has 4 nitrogen and oxygen atoms in total. The standard InChI is InChI=1S/C8H10IN3O/c9-7-1-2-8(12-11-7)10-6-3-4-13-5-6/h1-2,6H,3-5H2,(H,10,12). The van der Waals surface area contributed by atoms with Crippen LogP contribution in [0.25, 0.3) is 0 Å². The summed E-state index contributed by atoms with van der Waals surface area (Å²) in [6.45, 7) is 1.61. The molecule has 0 radical (unpaired) electrons. The van der Waals surface area contributed by atoms with Crippen molar-refractivity contribution < 1.29 is 4.74 Å². The van der Waals surface area contributed by atoms with Crippen molar-refractivity contribution in [3.8, 4) is 0 Å². The van der Waals surface area contributed by atoms with E-state index in [1.807, 2.05) is 12.1 Å². The Hall–Kier alpha value is -0.430. The minimum Gasteiger partial charge on any atom is -0.379 e. The van der Waals surface area contributed by atoms with E-state index >= 15 is 0 Å². The Balaban J connectivity index is 1.97. The van der Waals surface area contributed by atoms with Crippen molar-refractivity contribution >= 4 is 28.4 Å². The molecule has 0 bridgehead atoms. The van der Waals surface area contributed by atoms with E-state index < -0.39 is 0 Å². The van der Waals surface area contributed by atoms with E-state index in [1.54, 1.807) is 0 Å². The first-order valence-corrected chi connectivity index (χ1v) is 5.26. The van der Waals surface area contributed by atoms with Crippen LogP contribution in [-0.2, 0) is 4.74 Å². The minimum atomic E-state index is 0.398. The molecule has 0 amide bonds. The molecule has 1 N–H and O–H groups in total. The largest absolute Gasteiger partial charge is 0.379 e. The summed E-state index contributed by atoms with van der Waals surface area (Å²) in [5, 5.41) is 11.2. The van der Waals surface area contributed by atoms with Gasteiger partial charge in [0.1, 0.15) is 9.52 Å². The second-order valence-electron chi connectivity index (χ2n) is 2.95. The quantitative estimate of drug-likeness (QED) is 0.834. The molecule has 1 saturated heterocycles. The number of rotatable bonds is 2. The first-order valence-electron chi connectivity index (χ1n) is 4.18. The van der Waals surface area contributed by atoms with Crippen LogP contribution in [0.4, 0.5) is 5.82 Å². The Morgan fingerprint density at radius 3 is 3.00 bits per heavy atom. The Morgan fingerprint density at radius 1 is 1.46 bits per heavy atom. The summed E-state index contributed by atoms with van der Waals surface area (Å²) in [5.74, 6) is 0.830. The van der Waals surface area contributed by atoms with Gasteiger partial charge in [0, 0.05) is 6.61 Å². The average molecular weight is 291 g/mol. The summed E-state index contributed by atoms with van der Waals surface area (Å²) >= 11 is 2.14. The van der Waals surface area contributed by atoms with Crippen molar-refractivity contribution in [1.29, 1.82) is 0 Å². The summed E-state index contributed by atoms with van der Waals surface area (Å²) in [4.78, 5) is 0. The van der Waals surface area contributed by atoms with E-state index in [-0.39, 0.29) is 0 Å². The summed E-state index contributed by atoms with van der Waals surface area (Å²) < 4.78 is 6.15. The highest BCUT2D eigenvalue weighted by Crippen LogP contribution is 2.11. The molecule has 5 heteroatoms. The highest BCUT2D eigenvalue weighted by molar-refractivity contribution is 14.1. The van der Waals surface area contributed by atoms with Crippen LogP contribution in [0.3, 0.4) is 0 Å². The van der Waals surface area contributed by atoms with Crippen LogP contribution >= 0.6 is 22.6 Å². The van der Waals surface area contributed by atoms with Crippen LogP contribution in [0.1, 0.15) is 6.42 Å². The number of halogens is 1. The van der Waals surface area contributed by atoms with Gasteiger partial charge in [0.15, 0.2) is 0 Å². The Labute approximate surface area is 90.2 Å². The fourth-order valence-corrected chi connectivity index (χ4v) is 1.54. The molecule has 0 aliphatic carbocycles. The summed E-state index contributed by atoms with van der Waals surface area (Å²) in [6, 6.07) is 4.27. The van der Waals surface area contributed by atoms with Gasteiger partial charge in [0.05, 0.1) is 12.6 Å². The van der Waals surface area contributed by atoms with Crippen molar-refractivity contribution in [3.05, 3.63) is 15.8 Å². The Bertz CT molecular complexity index is 271. The van der Waals surface area contributed by atoms with Gasteiger partial charge in [-0.25, -0.2) is 0 Å². The monoisotopic (exact) mass is 291 g/mol. The first-order chi connectivity index (χ1) is 6.34. The topological polar surface area (TPSA) is 47.0 Å². The number of hydrogen-bond acceptors (Lipinski definition) is 4. The fraction of sp³-hybridized carbons (Fsp3) is 0.500. The lowest BCUT2D eigenvalue weighted by Gasteiger charge is -2.09. The van der Waals surface area contributed by atoms with Crippen molar-refractivity contribution in [2.75, 3.05) is 18.5 Å². The molecule has 1 aromatic rings. The van der Waals surface area contributed by atoms with Crippen molar-refractivity contribution in [2.45, 2.75) is 12.5 Å². The zero-order chi connectivity index (χ0) is 9.10. The molecule has 1 aromatic heterocycles. The van der Waals surface area contributed by atoms with Crippen LogP contribution in [0.2, 0.25) is 0 Å². The van der Waals surface area contributed by atoms with Crippen molar-refractivity contribution in [3.63, 3.8) is 0 Å². The third kappa shape index (κ3) is 2.50. The number of ether oxygens (including phenoxy) is 1. The van der Waals surface area contributed by atoms with Gasteiger partial charge in [0.25, 0.3) is 0 Å². The van der Waals surface area contributed by atoms with Gasteiger partial charge in [-0.2, -0.15) is 0 Å². The molecule has 70 valence electrons. The number of hydrogen-bond donors (Lipinski definition) is 1. The van der Waals surface area contributed by atoms with Gasteiger partial charge in [-0.3, -0.25) is 0 Å². The van der Waals surface area contributed by atoms with Gasteiger partial charge in [-0.05, 0) is 41.1 Å². The third-order valence-corrected chi connectivity index (χ3v) is 2.49. The fourth-order valence-electron chi connectivity index (χ4n) is 1.25. The number of nitrogens with one attached hydrogen (secondary N) is 1. The lowest BCUT2D eigenvalue weighted by atomic mass is 10.2. The Morgan fingerprint density at radius 2 is 2.38 bits per heavy atom. The molecular formula is C8H10IN3O. The van der Waals surface area contributed by atoms with Gasteiger partial charge in [0.2, 0.25) is 0 Å². The molecule has 13 heavy (non-hydrogen) atoms. The van der Waals surface area contributed by atoms with E-state index in [1.165, 1.54) is 0 Å². The average Bonchev–Trinajstić information content (AvgIpc) is 2.62. The van der Waals surface area contributed by atoms with E-state index in [2.05, 4.69) is 38.1 Å². The number of aromatic nitrogens is 2. The summed E-state index contributed by atoms with van der Waals surface area (Å²) in [6.07, 6.45) is 1.05. The van der Waals surface area contributed by atoms with Crippen LogP contribution in [0.15, 0.2) is 12.1 Å². The van der Waals surface area contributed by atoms with Crippen LogP contribution in [0.5, 0.6) is 0 Å². The normalized spacial score (nSPS) is 21.8. The second-order valence-corrected chi connectivity index (χ2v) is 4.05. The van der Waals surface area contributed by atoms with Gasteiger partial charge < -0.3 is 10.1 Å². The van der Waals surface area contributed by atoms with E-state index in [0.717, 1.165) is 29.2 Å². The molecule has 1 atom stereocenters. The zero-order valence-electron chi connectivity index (χ0n) is 7.03. The lowest BCUT2D eigenvalue weighted by molar-refractivity contribution is 0.195. The molecular weight excluding hydrogens is 281 g/mol. The molecule has 1 unspecified atom stereocenters. The predicted octanol–water partition coefficient (Wildman–Crippen LogP) is 1.28. The zero-order valence-corrected chi connectivity index (χ0v) is 9.19. The van der Waals surface area contributed by atoms with Gasteiger partial charge in [-0.15, -0.1) is 10.2 Å². The highest BCUT2D eigenvalue weighted by atomic mass is 127. The maximum absolute atomic E-state index is 5.24. The molecule has 1 aliphatic rings. The maximum Gasteiger partial charge on any atom is 0.149 e. The maximum atomic E-state index is 5.24. The molecule has 0 aromatic carbocycles. The molecule has 2 heterocycles. The van der Waals surface area contributed by atoms with E-state index in [9.17, 15) is 0 Å². The summed E-state index contributed by atoms with van der Waals surface area (Å²) in [7, 11) is 0. The minimum absolute atomic E-state index is 0.398. The summed E-state index contributed by atoms with van der Waals surface area (Å²) in [5.41, 5.74) is 0. The third-order valence-electron chi connectivity index (χ3n) is 1.91. The van der Waals surface area contributed by atoms with Gasteiger partial charge in [-0.1, -0.05) is 0 Å². The lowest BCUT2D eigenvalue weighted by Crippen LogP contribution is -2.19. The SMILES string of the molecule is Ic1ccc(NC2CCOC2)nn1. The van der Waals surface area contributed by atoms with Gasteiger partial charge >= 0.3 is 0 Å². The molecule has 2 rings (SSSR count). The van der Waals surface area contributed by atoms with Crippen molar-refractivity contribution in [1.82, 2.24) is 10.2 Å². The second kappa shape index (κ2) is 4.19. The molecule has 0 spiro atoms. The molecule has 1 fully saturated rings. The number of anilines is 1. The van der Waals surface area contributed by atoms with Crippen molar-refractivity contribution in [2.24, 2.45) is 0 Å². The first kappa shape index (κ1) is 9.14. The Kier molecular flexibility index (Phi) is 2.94. The van der Waals surface area contributed by atoms with Crippen LogP contribution in [-0.4, -0.2) is 29.5 Å². The van der Waals surface area contributed by atoms with Crippen LogP contribution in [0, 0.1) is 3.70 Å². The number of nitrogens with zero attached hydrogens (tertiary/aromatic N) is 2. The molecule has 0 saturated carbocycles. The molecule has 1 aliphatic heterocycles. The highest BCUT2D eigenvalue weighted by Gasteiger charge is 2.15. The van der Waals surface area contributed by atoms with E-state index in [0.29, 0.717) is 6.04 Å². The predicted molar refractivity (Wildman–Crippen MR) is 57.6 cm³/mol. The van der Waals surface area contributed by atoms with Crippen LogP contribution < -0.4 is 5.32 Å². The smallest absolute Gasteiger partial charge is 0.149 e.